The Morgan fingerprint density at radius 1 is 1.12 bits per heavy atom. The van der Waals surface area contributed by atoms with Crippen molar-refractivity contribution >= 4 is 0 Å². The topological polar surface area (TPSA) is 60.0 Å². The van der Waals surface area contributed by atoms with E-state index in [1.807, 2.05) is 36.1 Å². The van der Waals surface area contributed by atoms with Crippen molar-refractivity contribution in [3.63, 3.8) is 0 Å². The van der Waals surface area contributed by atoms with Gasteiger partial charge in [0.2, 0.25) is 5.89 Å². The fourth-order valence-corrected chi connectivity index (χ4v) is 3.57. The molecule has 0 spiro atoms. The number of benzene rings is 1. The first kappa shape index (κ1) is 16.0. The van der Waals surface area contributed by atoms with Gasteiger partial charge in [0, 0.05) is 31.3 Å². The van der Waals surface area contributed by atoms with Gasteiger partial charge in [-0.05, 0) is 37.6 Å². The number of aryl methyl sites for hydroxylation is 1. The van der Waals surface area contributed by atoms with E-state index in [4.69, 9.17) is 4.52 Å². The molecule has 1 fully saturated rings. The molecule has 130 valence electrons. The molecule has 4 rings (SSSR count). The zero-order valence-electron chi connectivity index (χ0n) is 14.5. The minimum Gasteiger partial charge on any atom is -0.338 e. The molecule has 0 atom stereocenters. The number of hydrogen-bond acceptors (Lipinski definition) is 5. The third-order valence-electron chi connectivity index (χ3n) is 4.94. The van der Waals surface area contributed by atoms with E-state index in [2.05, 4.69) is 38.3 Å². The summed E-state index contributed by atoms with van der Waals surface area (Å²) in [7, 11) is 2.02. The van der Waals surface area contributed by atoms with Gasteiger partial charge in [-0.1, -0.05) is 35.5 Å². The van der Waals surface area contributed by atoms with E-state index in [1.165, 1.54) is 11.3 Å². The molecule has 0 saturated carbocycles. The quantitative estimate of drug-likeness (QED) is 0.716. The maximum atomic E-state index is 5.44. The van der Waals surface area contributed by atoms with E-state index in [0.717, 1.165) is 38.3 Å². The highest BCUT2D eigenvalue weighted by atomic mass is 16.5. The highest BCUT2D eigenvalue weighted by Gasteiger charge is 2.23. The average Bonchev–Trinajstić information content (AvgIpc) is 3.26. The van der Waals surface area contributed by atoms with Crippen molar-refractivity contribution in [1.82, 2.24) is 24.8 Å². The highest BCUT2D eigenvalue weighted by molar-refractivity contribution is 5.18. The molecule has 0 unspecified atom stereocenters. The Balaban J connectivity index is 1.31. The van der Waals surface area contributed by atoms with Crippen LogP contribution in [-0.4, -0.2) is 37.9 Å². The standard InChI is InChI=1S/C19H23N5O/c1-23-17(7-10-20-23)16-8-11-24(12-9-16)14-19-21-18(22-25-19)13-15-5-3-2-4-6-15/h2-7,10,16H,8-9,11-14H2,1H3. The number of nitrogens with zero attached hydrogens (tertiary/aromatic N) is 5. The summed E-state index contributed by atoms with van der Waals surface area (Å²) in [6, 6.07) is 12.4. The molecular weight excluding hydrogens is 314 g/mol. The van der Waals surface area contributed by atoms with Crippen molar-refractivity contribution in [1.29, 1.82) is 0 Å². The van der Waals surface area contributed by atoms with Gasteiger partial charge < -0.3 is 4.52 Å². The van der Waals surface area contributed by atoms with Gasteiger partial charge in [-0.2, -0.15) is 10.1 Å². The molecule has 2 aromatic heterocycles. The van der Waals surface area contributed by atoms with Crippen LogP contribution in [0.15, 0.2) is 47.1 Å². The second-order valence-corrected chi connectivity index (χ2v) is 6.70. The molecule has 6 heteroatoms. The molecule has 6 nitrogen and oxygen atoms in total. The van der Waals surface area contributed by atoms with E-state index < -0.39 is 0 Å². The second kappa shape index (κ2) is 7.19. The molecule has 0 radical (unpaired) electrons. The number of aromatic nitrogens is 4. The minimum absolute atomic E-state index is 0.597. The second-order valence-electron chi connectivity index (χ2n) is 6.70. The summed E-state index contributed by atoms with van der Waals surface area (Å²) in [5, 5.41) is 8.41. The Morgan fingerprint density at radius 2 is 1.92 bits per heavy atom. The first-order chi connectivity index (χ1) is 12.3. The summed E-state index contributed by atoms with van der Waals surface area (Å²) in [5.41, 5.74) is 2.54. The minimum atomic E-state index is 0.597. The summed E-state index contributed by atoms with van der Waals surface area (Å²) in [6.45, 7) is 2.83. The van der Waals surface area contributed by atoms with E-state index >= 15 is 0 Å². The summed E-state index contributed by atoms with van der Waals surface area (Å²) in [6.07, 6.45) is 4.89. The third kappa shape index (κ3) is 3.79. The van der Waals surface area contributed by atoms with Gasteiger partial charge in [-0.3, -0.25) is 9.58 Å². The predicted molar refractivity (Wildman–Crippen MR) is 94.0 cm³/mol. The summed E-state index contributed by atoms with van der Waals surface area (Å²) < 4.78 is 7.44. The number of piperidine rings is 1. The lowest BCUT2D eigenvalue weighted by atomic mass is 9.93. The van der Waals surface area contributed by atoms with Crippen LogP contribution in [0.3, 0.4) is 0 Å². The van der Waals surface area contributed by atoms with E-state index in [1.54, 1.807) is 0 Å². The first-order valence-corrected chi connectivity index (χ1v) is 8.83. The van der Waals surface area contributed by atoms with Gasteiger partial charge in [0.05, 0.1) is 6.54 Å². The van der Waals surface area contributed by atoms with Gasteiger partial charge in [0.25, 0.3) is 0 Å². The lowest BCUT2D eigenvalue weighted by Crippen LogP contribution is -2.33. The lowest BCUT2D eigenvalue weighted by molar-refractivity contribution is 0.178. The molecule has 25 heavy (non-hydrogen) atoms. The molecule has 0 bridgehead atoms. The van der Waals surface area contributed by atoms with Crippen LogP contribution in [0.25, 0.3) is 0 Å². The monoisotopic (exact) mass is 337 g/mol. The molecule has 3 heterocycles. The SMILES string of the molecule is Cn1nccc1C1CCN(Cc2nc(Cc3ccccc3)no2)CC1. The maximum absolute atomic E-state index is 5.44. The Morgan fingerprint density at radius 3 is 2.64 bits per heavy atom. The fraction of sp³-hybridized carbons (Fsp3) is 0.421. The van der Waals surface area contributed by atoms with Crippen LogP contribution in [0, 0.1) is 0 Å². The largest absolute Gasteiger partial charge is 0.338 e. The van der Waals surface area contributed by atoms with Crippen molar-refractivity contribution in [2.24, 2.45) is 7.05 Å². The van der Waals surface area contributed by atoms with Gasteiger partial charge in [-0.25, -0.2) is 0 Å². The number of rotatable bonds is 5. The average molecular weight is 337 g/mol. The molecule has 1 saturated heterocycles. The normalized spacial score (nSPS) is 16.4. The zero-order chi connectivity index (χ0) is 17.1. The van der Waals surface area contributed by atoms with Crippen molar-refractivity contribution in [2.45, 2.75) is 31.7 Å². The van der Waals surface area contributed by atoms with Crippen molar-refractivity contribution in [3.8, 4) is 0 Å². The maximum Gasteiger partial charge on any atom is 0.240 e. The van der Waals surface area contributed by atoms with Crippen LogP contribution in [-0.2, 0) is 20.0 Å². The Kier molecular flexibility index (Phi) is 4.61. The molecule has 1 aliphatic heterocycles. The van der Waals surface area contributed by atoms with E-state index in [-0.39, 0.29) is 0 Å². The summed E-state index contributed by atoms with van der Waals surface area (Å²) in [4.78, 5) is 6.94. The van der Waals surface area contributed by atoms with Crippen LogP contribution in [0.2, 0.25) is 0 Å². The fourth-order valence-electron chi connectivity index (χ4n) is 3.57. The zero-order valence-corrected chi connectivity index (χ0v) is 14.5. The third-order valence-corrected chi connectivity index (χ3v) is 4.94. The van der Waals surface area contributed by atoms with Crippen LogP contribution in [0.1, 0.15) is 41.7 Å². The summed E-state index contributed by atoms with van der Waals surface area (Å²) >= 11 is 0. The van der Waals surface area contributed by atoms with Crippen LogP contribution in [0.4, 0.5) is 0 Å². The Bertz CT molecular complexity index is 802. The van der Waals surface area contributed by atoms with Gasteiger partial charge >= 0.3 is 0 Å². The molecular formula is C19H23N5O. The first-order valence-electron chi connectivity index (χ1n) is 8.83. The van der Waals surface area contributed by atoms with Crippen molar-refractivity contribution in [2.75, 3.05) is 13.1 Å². The van der Waals surface area contributed by atoms with Crippen LogP contribution in [0.5, 0.6) is 0 Å². The number of likely N-dealkylation sites (tertiary alicyclic amines) is 1. The molecule has 1 aliphatic rings. The molecule has 1 aromatic carbocycles. The van der Waals surface area contributed by atoms with E-state index in [0.29, 0.717) is 18.2 Å². The molecule has 0 N–H and O–H groups in total. The van der Waals surface area contributed by atoms with Crippen molar-refractivity contribution in [3.05, 3.63) is 65.6 Å². The molecule has 0 aliphatic carbocycles. The number of hydrogen-bond donors (Lipinski definition) is 0. The van der Waals surface area contributed by atoms with Crippen LogP contribution >= 0.6 is 0 Å². The lowest BCUT2D eigenvalue weighted by Gasteiger charge is -2.30. The Labute approximate surface area is 147 Å². The van der Waals surface area contributed by atoms with Crippen LogP contribution < -0.4 is 0 Å². The highest BCUT2D eigenvalue weighted by Crippen LogP contribution is 2.27. The summed E-state index contributed by atoms with van der Waals surface area (Å²) in [5.74, 6) is 2.07. The van der Waals surface area contributed by atoms with Gasteiger partial charge in [0.15, 0.2) is 5.82 Å². The van der Waals surface area contributed by atoms with Gasteiger partial charge in [-0.15, -0.1) is 0 Å². The van der Waals surface area contributed by atoms with Gasteiger partial charge in [0.1, 0.15) is 0 Å². The van der Waals surface area contributed by atoms with Crippen molar-refractivity contribution < 1.29 is 4.52 Å². The van der Waals surface area contributed by atoms with E-state index in [9.17, 15) is 0 Å². The predicted octanol–water partition coefficient (Wildman–Crippen LogP) is 2.77. The Hall–Kier alpha value is -2.47. The smallest absolute Gasteiger partial charge is 0.240 e. The molecule has 0 amide bonds. The molecule has 3 aromatic rings.